The normalized spacial score (nSPS) is 28.3. The van der Waals surface area contributed by atoms with Crippen LogP contribution in [0.1, 0.15) is 58.1 Å². The second-order valence-corrected chi connectivity index (χ2v) is 8.53. The minimum atomic E-state index is 0.190. The summed E-state index contributed by atoms with van der Waals surface area (Å²) in [7, 11) is 1.68. The van der Waals surface area contributed by atoms with Gasteiger partial charge in [-0.2, -0.15) is 0 Å². The van der Waals surface area contributed by atoms with E-state index < -0.39 is 0 Å². The van der Waals surface area contributed by atoms with E-state index in [1.807, 2.05) is 35.1 Å². The molecule has 1 aromatic heterocycles. The van der Waals surface area contributed by atoms with E-state index in [-0.39, 0.29) is 5.41 Å². The molecule has 2 aliphatic rings. The van der Waals surface area contributed by atoms with Gasteiger partial charge in [-0.15, -0.1) is 5.10 Å². The van der Waals surface area contributed by atoms with E-state index in [1.54, 1.807) is 7.11 Å². The second kappa shape index (κ2) is 6.66. The van der Waals surface area contributed by atoms with E-state index in [0.29, 0.717) is 5.41 Å². The third-order valence-electron chi connectivity index (χ3n) is 7.16. The topological polar surface area (TPSA) is 39.9 Å². The van der Waals surface area contributed by atoms with Gasteiger partial charge in [0.1, 0.15) is 11.4 Å². The van der Waals surface area contributed by atoms with Crippen LogP contribution in [-0.4, -0.2) is 22.1 Å². The summed E-state index contributed by atoms with van der Waals surface area (Å²) in [6.45, 7) is 9.32. The molecule has 1 heterocycles. The lowest BCUT2D eigenvalue weighted by atomic mass is 9.54. The largest absolute Gasteiger partial charge is 0.497 e. The minimum absolute atomic E-state index is 0.190. The van der Waals surface area contributed by atoms with Gasteiger partial charge < -0.3 is 4.74 Å². The molecule has 27 heavy (non-hydrogen) atoms. The molecule has 0 bridgehead atoms. The van der Waals surface area contributed by atoms with Gasteiger partial charge in [-0.1, -0.05) is 43.4 Å². The maximum Gasteiger partial charge on any atom is 0.121 e. The Bertz CT molecular complexity index is 897. The predicted molar refractivity (Wildman–Crippen MR) is 109 cm³/mol. The minimum Gasteiger partial charge on any atom is -0.497 e. The molecule has 2 aromatic rings. The van der Waals surface area contributed by atoms with Gasteiger partial charge in [0, 0.05) is 6.07 Å². The van der Waals surface area contributed by atoms with Gasteiger partial charge >= 0.3 is 0 Å². The SMILES string of the molecule is C=C1CCC[C@]2(C)CCC(c3cn(-c4cccc(OC)c4)nn3)=CC[C@@]12C. The van der Waals surface area contributed by atoms with Crippen molar-refractivity contribution in [3.05, 3.63) is 54.4 Å². The first-order chi connectivity index (χ1) is 12.9. The number of allylic oxidation sites excluding steroid dienone is 3. The van der Waals surface area contributed by atoms with Crippen LogP contribution in [0.5, 0.6) is 5.75 Å². The fraction of sp³-hybridized carbons (Fsp3) is 0.478. The standard InChI is InChI=1S/C23H29N3O/c1-17-7-6-12-22(2)13-10-18(11-14-23(17,22)3)21-16-26(25-24-21)19-8-5-9-20(15-19)27-4/h5,8-9,11,15-16H,1,6-7,10,12-14H2,2-4H3/t22-,23+/m1/s1. The number of hydrogen-bond acceptors (Lipinski definition) is 3. The van der Waals surface area contributed by atoms with Crippen molar-refractivity contribution in [2.45, 2.75) is 52.4 Å². The molecule has 2 aliphatic carbocycles. The first kappa shape index (κ1) is 18.0. The number of fused-ring (bicyclic) bond motifs is 1. The van der Waals surface area contributed by atoms with Crippen molar-refractivity contribution in [3.63, 3.8) is 0 Å². The van der Waals surface area contributed by atoms with Crippen molar-refractivity contribution in [1.29, 1.82) is 0 Å². The Kier molecular flexibility index (Phi) is 4.45. The van der Waals surface area contributed by atoms with Crippen LogP contribution in [0.25, 0.3) is 11.3 Å². The third kappa shape index (κ3) is 3.01. The number of rotatable bonds is 3. The van der Waals surface area contributed by atoms with Crippen molar-refractivity contribution in [3.8, 4) is 11.4 Å². The third-order valence-corrected chi connectivity index (χ3v) is 7.16. The summed E-state index contributed by atoms with van der Waals surface area (Å²) in [5.41, 5.74) is 5.19. The Labute approximate surface area is 161 Å². The van der Waals surface area contributed by atoms with Gasteiger partial charge in [0.15, 0.2) is 0 Å². The summed E-state index contributed by atoms with van der Waals surface area (Å²) in [6.07, 6.45) is 11.4. The van der Waals surface area contributed by atoms with E-state index in [4.69, 9.17) is 4.74 Å². The second-order valence-electron chi connectivity index (χ2n) is 8.53. The molecule has 2 atom stereocenters. The molecular weight excluding hydrogens is 334 g/mol. The Morgan fingerprint density at radius 1 is 1.19 bits per heavy atom. The molecule has 0 unspecified atom stereocenters. The monoisotopic (exact) mass is 363 g/mol. The van der Waals surface area contributed by atoms with Crippen LogP contribution in [-0.2, 0) is 0 Å². The molecule has 0 N–H and O–H groups in total. The summed E-state index contributed by atoms with van der Waals surface area (Å²) in [4.78, 5) is 0. The van der Waals surface area contributed by atoms with Crippen LogP contribution in [0.2, 0.25) is 0 Å². The summed E-state index contributed by atoms with van der Waals surface area (Å²) < 4.78 is 7.15. The summed E-state index contributed by atoms with van der Waals surface area (Å²) in [6, 6.07) is 7.90. The molecule has 1 fully saturated rings. The summed E-state index contributed by atoms with van der Waals surface area (Å²) in [5, 5.41) is 8.84. The van der Waals surface area contributed by atoms with Crippen LogP contribution in [0.4, 0.5) is 0 Å². The predicted octanol–water partition coefficient (Wildman–Crippen LogP) is 5.60. The Balaban J connectivity index is 1.62. The van der Waals surface area contributed by atoms with Crippen LogP contribution in [0.15, 0.2) is 48.7 Å². The lowest BCUT2D eigenvalue weighted by Crippen LogP contribution is -2.41. The molecule has 4 rings (SSSR count). The van der Waals surface area contributed by atoms with E-state index >= 15 is 0 Å². The highest BCUT2D eigenvalue weighted by Gasteiger charge is 2.48. The van der Waals surface area contributed by atoms with Crippen molar-refractivity contribution >= 4 is 5.57 Å². The number of ether oxygens (including phenoxy) is 1. The summed E-state index contributed by atoms with van der Waals surface area (Å²) >= 11 is 0. The highest BCUT2D eigenvalue weighted by Crippen LogP contribution is 2.59. The molecular formula is C23H29N3O. The maximum atomic E-state index is 5.32. The van der Waals surface area contributed by atoms with Gasteiger partial charge in [0.2, 0.25) is 0 Å². The number of hydrogen-bond donors (Lipinski definition) is 0. The molecule has 0 spiro atoms. The van der Waals surface area contributed by atoms with Gasteiger partial charge in [-0.05, 0) is 67.1 Å². The van der Waals surface area contributed by atoms with E-state index in [1.165, 1.54) is 36.8 Å². The molecule has 4 nitrogen and oxygen atoms in total. The quantitative estimate of drug-likeness (QED) is 0.667. The molecule has 1 aromatic carbocycles. The molecule has 142 valence electrons. The molecule has 0 radical (unpaired) electrons. The first-order valence-electron chi connectivity index (χ1n) is 9.90. The van der Waals surface area contributed by atoms with Gasteiger partial charge in [-0.3, -0.25) is 0 Å². The van der Waals surface area contributed by atoms with Gasteiger partial charge in [0.05, 0.1) is 19.0 Å². The van der Waals surface area contributed by atoms with Crippen molar-refractivity contribution in [2.75, 3.05) is 7.11 Å². The maximum absolute atomic E-state index is 5.32. The highest BCUT2D eigenvalue weighted by atomic mass is 16.5. The molecule has 0 saturated heterocycles. The fourth-order valence-electron chi connectivity index (χ4n) is 4.82. The summed E-state index contributed by atoms with van der Waals surface area (Å²) in [5.74, 6) is 0.821. The van der Waals surface area contributed by atoms with Gasteiger partial charge in [-0.25, -0.2) is 4.68 Å². The van der Waals surface area contributed by atoms with Crippen LogP contribution in [0, 0.1) is 10.8 Å². The number of benzene rings is 1. The molecule has 0 amide bonds. The van der Waals surface area contributed by atoms with E-state index in [9.17, 15) is 0 Å². The molecule has 4 heteroatoms. The van der Waals surface area contributed by atoms with Gasteiger partial charge in [0.25, 0.3) is 0 Å². The number of aromatic nitrogens is 3. The van der Waals surface area contributed by atoms with Crippen LogP contribution < -0.4 is 4.74 Å². The zero-order valence-electron chi connectivity index (χ0n) is 16.7. The van der Waals surface area contributed by atoms with Crippen molar-refractivity contribution in [1.82, 2.24) is 15.0 Å². The fourth-order valence-corrected chi connectivity index (χ4v) is 4.82. The zero-order chi connectivity index (χ0) is 19.1. The lowest BCUT2D eigenvalue weighted by molar-refractivity contribution is 0.0645. The molecule has 1 saturated carbocycles. The smallest absolute Gasteiger partial charge is 0.121 e. The highest BCUT2D eigenvalue weighted by molar-refractivity contribution is 5.63. The van der Waals surface area contributed by atoms with Crippen LogP contribution >= 0.6 is 0 Å². The Hall–Kier alpha value is -2.36. The zero-order valence-corrected chi connectivity index (χ0v) is 16.7. The number of nitrogens with zero attached hydrogens (tertiary/aromatic N) is 3. The van der Waals surface area contributed by atoms with E-state index in [0.717, 1.165) is 30.0 Å². The average molecular weight is 364 g/mol. The lowest BCUT2D eigenvalue weighted by Gasteiger charge is -2.51. The first-order valence-corrected chi connectivity index (χ1v) is 9.90. The Morgan fingerprint density at radius 3 is 2.85 bits per heavy atom. The van der Waals surface area contributed by atoms with Crippen molar-refractivity contribution < 1.29 is 4.74 Å². The Morgan fingerprint density at radius 2 is 2.04 bits per heavy atom. The van der Waals surface area contributed by atoms with Crippen LogP contribution in [0.3, 0.4) is 0 Å². The van der Waals surface area contributed by atoms with E-state index in [2.05, 4.69) is 36.8 Å². The van der Waals surface area contributed by atoms with Crippen molar-refractivity contribution in [2.24, 2.45) is 10.8 Å². The average Bonchev–Trinajstić information content (AvgIpc) is 3.11. The number of methoxy groups -OCH3 is 1. The molecule has 0 aliphatic heterocycles.